The number of aliphatic carboxylic acids is 1. The van der Waals surface area contributed by atoms with E-state index in [2.05, 4.69) is 5.32 Å². The summed E-state index contributed by atoms with van der Waals surface area (Å²) in [4.78, 5) is 37.5. The van der Waals surface area contributed by atoms with Crippen molar-refractivity contribution in [3.05, 3.63) is 57.0 Å². The number of carboxylic acids is 1. The number of thiophene rings is 1. The van der Waals surface area contributed by atoms with Crippen LogP contribution in [-0.2, 0) is 9.59 Å². The first-order valence-electron chi connectivity index (χ1n) is 8.13. The molecule has 138 valence electrons. The number of amides is 1. The molecule has 1 amide bonds. The first-order chi connectivity index (χ1) is 12.3. The number of nitrogens with one attached hydrogen (secondary N) is 1. The van der Waals surface area contributed by atoms with Gasteiger partial charge in [0.25, 0.3) is 0 Å². The molecule has 0 radical (unpaired) electrons. The van der Waals surface area contributed by atoms with Gasteiger partial charge >= 0.3 is 5.97 Å². The molecule has 0 spiro atoms. The smallest absolute Gasteiger partial charge is 0.312 e. The fourth-order valence-corrected chi connectivity index (χ4v) is 3.56. The van der Waals surface area contributed by atoms with Gasteiger partial charge in [-0.3, -0.25) is 14.4 Å². The van der Waals surface area contributed by atoms with Crippen molar-refractivity contribution in [2.45, 2.75) is 32.6 Å². The van der Waals surface area contributed by atoms with Gasteiger partial charge in [0, 0.05) is 34.7 Å². The highest BCUT2D eigenvalue weighted by Crippen LogP contribution is 2.22. The van der Waals surface area contributed by atoms with Crippen molar-refractivity contribution in [3.8, 4) is 0 Å². The van der Waals surface area contributed by atoms with Crippen molar-refractivity contribution in [2.24, 2.45) is 0 Å². The molecule has 5 nitrogen and oxygen atoms in total. The number of carboxylic acid groups (broad SMARTS) is 1. The lowest BCUT2D eigenvalue weighted by atomic mass is 9.99. The third-order valence-electron chi connectivity index (χ3n) is 3.99. The molecule has 0 saturated carbocycles. The molecule has 0 bridgehead atoms. The van der Waals surface area contributed by atoms with Crippen LogP contribution >= 0.6 is 11.3 Å². The van der Waals surface area contributed by atoms with Crippen LogP contribution in [0, 0.1) is 19.7 Å². The number of rotatable bonds is 8. The van der Waals surface area contributed by atoms with Crippen LogP contribution in [-0.4, -0.2) is 29.3 Å². The minimum Gasteiger partial charge on any atom is -0.481 e. The van der Waals surface area contributed by atoms with E-state index in [-0.39, 0.29) is 25.2 Å². The van der Waals surface area contributed by atoms with Crippen LogP contribution in [0.4, 0.5) is 4.39 Å². The highest BCUT2D eigenvalue weighted by atomic mass is 32.1. The maximum absolute atomic E-state index is 13.0. The third kappa shape index (κ3) is 5.23. The van der Waals surface area contributed by atoms with Crippen LogP contribution in [0.1, 0.15) is 44.4 Å². The van der Waals surface area contributed by atoms with Crippen LogP contribution in [0.2, 0.25) is 0 Å². The van der Waals surface area contributed by atoms with Crippen molar-refractivity contribution in [3.63, 3.8) is 0 Å². The maximum atomic E-state index is 13.0. The molecule has 1 aromatic heterocycles. The van der Waals surface area contributed by atoms with Gasteiger partial charge in [-0.1, -0.05) is 12.1 Å². The average Bonchev–Trinajstić information content (AvgIpc) is 2.92. The van der Waals surface area contributed by atoms with E-state index in [1.807, 2.05) is 19.9 Å². The predicted molar refractivity (Wildman–Crippen MR) is 97.1 cm³/mol. The van der Waals surface area contributed by atoms with Crippen molar-refractivity contribution < 1.29 is 23.9 Å². The van der Waals surface area contributed by atoms with Gasteiger partial charge in [-0.15, -0.1) is 11.3 Å². The zero-order valence-electron chi connectivity index (χ0n) is 14.5. The topological polar surface area (TPSA) is 83.5 Å². The molecule has 2 rings (SSSR count). The SMILES string of the molecule is Cc1cc(C(=O)CCC(=O)NCC(C(=O)O)c2ccc(F)cc2)c(C)s1. The van der Waals surface area contributed by atoms with E-state index in [0.717, 1.165) is 9.75 Å². The highest BCUT2D eigenvalue weighted by molar-refractivity contribution is 7.12. The number of hydrogen-bond donors (Lipinski definition) is 2. The van der Waals surface area contributed by atoms with Crippen LogP contribution in [0.5, 0.6) is 0 Å². The van der Waals surface area contributed by atoms with Gasteiger partial charge in [-0.2, -0.15) is 0 Å². The summed E-state index contributed by atoms with van der Waals surface area (Å²) in [6, 6.07) is 6.93. The number of aryl methyl sites for hydroxylation is 2. The molecule has 0 aliphatic rings. The third-order valence-corrected chi connectivity index (χ3v) is 4.96. The summed E-state index contributed by atoms with van der Waals surface area (Å²) in [6.07, 6.45) is 0.0556. The molecule has 1 unspecified atom stereocenters. The Morgan fingerprint density at radius 1 is 1.15 bits per heavy atom. The molecule has 0 aliphatic heterocycles. The summed E-state index contributed by atoms with van der Waals surface area (Å²) in [7, 11) is 0. The molecular formula is C19H20FNO4S. The Morgan fingerprint density at radius 2 is 1.81 bits per heavy atom. The van der Waals surface area contributed by atoms with Gasteiger partial charge in [0.05, 0.1) is 5.92 Å². The second kappa shape index (κ2) is 8.71. The normalized spacial score (nSPS) is 11.8. The molecule has 26 heavy (non-hydrogen) atoms. The van der Waals surface area contributed by atoms with Crippen LogP contribution in [0.3, 0.4) is 0 Å². The zero-order chi connectivity index (χ0) is 19.3. The lowest BCUT2D eigenvalue weighted by molar-refractivity contribution is -0.138. The Labute approximate surface area is 154 Å². The Balaban J connectivity index is 1.88. The second-order valence-electron chi connectivity index (χ2n) is 6.00. The fourth-order valence-electron chi connectivity index (χ4n) is 2.62. The van der Waals surface area contributed by atoms with Crippen molar-refractivity contribution >= 4 is 29.0 Å². The van der Waals surface area contributed by atoms with Crippen molar-refractivity contribution in [1.29, 1.82) is 0 Å². The molecular weight excluding hydrogens is 357 g/mol. The molecule has 0 fully saturated rings. The number of Topliss-reactive ketones (excluding diaryl/α,β-unsaturated/α-hetero) is 1. The Hall–Kier alpha value is -2.54. The molecule has 2 N–H and O–H groups in total. The van der Waals surface area contributed by atoms with Crippen molar-refractivity contribution in [2.75, 3.05) is 6.54 Å². The highest BCUT2D eigenvalue weighted by Gasteiger charge is 2.21. The quantitative estimate of drug-likeness (QED) is 0.690. The molecule has 1 heterocycles. The van der Waals surface area contributed by atoms with Gasteiger partial charge < -0.3 is 10.4 Å². The first kappa shape index (κ1) is 19.8. The van der Waals surface area contributed by atoms with Gasteiger partial charge in [-0.05, 0) is 37.6 Å². The standard InChI is InChI=1S/C19H20FNO4S/c1-11-9-15(12(2)26-11)17(22)7-8-18(23)21-10-16(19(24)25)13-3-5-14(20)6-4-13/h3-6,9,16H,7-8,10H2,1-2H3,(H,21,23)(H,24,25). The Bertz CT molecular complexity index is 813. The van der Waals surface area contributed by atoms with E-state index in [9.17, 15) is 23.9 Å². The number of benzene rings is 1. The lowest BCUT2D eigenvalue weighted by Gasteiger charge is -2.14. The Morgan fingerprint density at radius 3 is 2.35 bits per heavy atom. The van der Waals surface area contributed by atoms with E-state index >= 15 is 0 Å². The van der Waals surface area contributed by atoms with E-state index in [1.54, 1.807) is 0 Å². The lowest BCUT2D eigenvalue weighted by Crippen LogP contribution is -2.31. The summed E-state index contributed by atoms with van der Waals surface area (Å²) in [6.45, 7) is 3.67. The maximum Gasteiger partial charge on any atom is 0.312 e. The molecule has 0 aliphatic carbocycles. The van der Waals surface area contributed by atoms with Gasteiger partial charge in [0.1, 0.15) is 5.82 Å². The van der Waals surface area contributed by atoms with Gasteiger partial charge in [-0.25, -0.2) is 4.39 Å². The minimum atomic E-state index is -1.11. The summed E-state index contributed by atoms with van der Waals surface area (Å²) in [5.41, 5.74) is 1.04. The van der Waals surface area contributed by atoms with Crippen LogP contribution in [0.25, 0.3) is 0 Å². The first-order valence-corrected chi connectivity index (χ1v) is 8.94. The number of carbonyl (C=O) groups is 3. The minimum absolute atomic E-state index is 0.0110. The van der Waals surface area contributed by atoms with E-state index in [4.69, 9.17) is 0 Å². The largest absolute Gasteiger partial charge is 0.481 e. The van der Waals surface area contributed by atoms with Crippen LogP contribution in [0.15, 0.2) is 30.3 Å². The summed E-state index contributed by atoms with van der Waals surface area (Å²) in [5.74, 6) is -3.04. The Kier molecular flexibility index (Phi) is 6.63. The monoisotopic (exact) mass is 377 g/mol. The number of carbonyl (C=O) groups excluding carboxylic acids is 2. The fraction of sp³-hybridized carbons (Fsp3) is 0.316. The van der Waals surface area contributed by atoms with Gasteiger partial charge in [0.15, 0.2) is 5.78 Å². The second-order valence-corrected chi connectivity index (χ2v) is 7.46. The number of halogens is 1. The van der Waals surface area contributed by atoms with Crippen molar-refractivity contribution in [1.82, 2.24) is 5.32 Å². The van der Waals surface area contributed by atoms with E-state index in [1.165, 1.54) is 35.6 Å². The molecule has 2 aromatic rings. The molecule has 1 aromatic carbocycles. The average molecular weight is 377 g/mol. The number of ketones is 1. The van der Waals surface area contributed by atoms with E-state index in [0.29, 0.717) is 11.1 Å². The summed E-state index contributed by atoms with van der Waals surface area (Å²) >= 11 is 1.53. The van der Waals surface area contributed by atoms with Gasteiger partial charge in [0.2, 0.25) is 5.91 Å². The predicted octanol–water partition coefficient (Wildman–Crippen LogP) is 3.45. The molecule has 7 heteroatoms. The zero-order valence-corrected chi connectivity index (χ0v) is 15.4. The van der Waals surface area contributed by atoms with Crippen LogP contribution < -0.4 is 5.32 Å². The summed E-state index contributed by atoms with van der Waals surface area (Å²) in [5, 5.41) is 11.9. The summed E-state index contributed by atoms with van der Waals surface area (Å²) < 4.78 is 13.0. The number of hydrogen-bond acceptors (Lipinski definition) is 4. The molecule has 0 saturated heterocycles. The molecule has 1 atom stereocenters. The van der Waals surface area contributed by atoms with E-state index < -0.39 is 23.6 Å².